The van der Waals surface area contributed by atoms with E-state index < -0.39 is 5.82 Å². The molecule has 0 spiro atoms. The van der Waals surface area contributed by atoms with Gasteiger partial charge in [0, 0.05) is 7.05 Å². The summed E-state index contributed by atoms with van der Waals surface area (Å²) in [6, 6.07) is 4.43. The molecule has 1 aromatic heterocycles. The molecule has 0 amide bonds. The molecule has 0 unspecified atom stereocenters. The van der Waals surface area contributed by atoms with Crippen molar-refractivity contribution in [1.29, 1.82) is 0 Å². The fourth-order valence-electron chi connectivity index (χ4n) is 1.60. The number of hydrogen-bond donors (Lipinski definition) is 0. The van der Waals surface area contributed by atoms with E-state index in [4.69, 9.17) is 16.3 Å². The van der Waals surface area contributed by atoms with E-state index in [1.165, 1.54) is 12.1 Å². The van der Waals surface area contributed by atoms with Crippen molar-refractivity contribution in [2.24, 2.45) is 7.05 Å². The van der Waals surface area contributed by atoms with Crippen molar-refractivity contribution in [2.45, 2.75) is 13.5 Å². The Hall–Kier alpha value is -1.07. The number of halogens is 3. The van der Waals surface area contributed by atoms with Crippen LogP contribution in [0.4, 0.5) is 4.39 Å². The molecule has 0 aliphatic carbocycles. The number of aryl methyl sites for hydroxylation is 2. The Labute approximate surface area is 118 Å². The topological polar surface area (TPSA) is 27.1 Å². The van der Waals surface area contributed by atoms with Gasteiger partial charge in [-0.05, 0) is 35.0 Å². The summed E-state index contributed by atoms with van der Waals surface area (Å²) in [5.74, 6) is -0.414. The summed E-state index contributed by atoms with van der Waals surface area (Å²) < 4.78 is 21.5. The number of hydrogen-bond acceptors (Lipinski definition) is 2. The largest absolute Gasteiger partial charge is 0.483 e. The molecule has 2 aromatic rings. The van der Waals surface area contributed by atoms with Gasteiger partial charge in [0.05, 0.1) is 20.9 Å². The van der Waals surface area contributed by atoms with E-state index in [-0.39, 0.29) is 17.4 Å². The second kappa shape index (κ2) is 5.28. The van der Waals surface area contributed by atoms with Gasteiger partial charge in [-0.1, -0.05) is 17.7 Å². The van der Waals surface area contributed by atoms with Gasteiger partial charge in [0.1, 0.15) is 6.61 Å². The Kier molecular flexibility index (Phi) is 3.92. The first-order chi connectivity index (χ1) is 8.50. The zero-order valence-corrected chi connectivity index (χ0v) is 12.2. The third-order valence-electron chi connectivity index (χ3n) is 2.53. The third kappa shape index (κ3) is 2.52. The van der Waals surface area contributed by atoms with Crippen molar-refractivity contribution in [2.75, 3.05) is 0 Å². The molecule has 0 fully saturated rings. The molecule has 2 rings (SSSR count). The SMILES string of the molecule is Cc1nn(C)c(COc2c(F)cccc2Cl)c1Br. The minimum absolute atomic E-state index is 0.0601. The van der Waals surface area contributed by atoms with Crippen molar-refractivity contribution in [3.8, 4) is 5.75 Å². The van der Waals surface area contributed by atoms with E-state index >= 15 is 0 Å². The van der Waals surface area contributed by atoms with Crippen molar-refractivity contribution >= 4 is 27.5 Å². The zero-order chi connectivity index (χ0) is 13.3. The fraction of sp³-hybridized carbons (Fsp3) is 0.250. The molecule has 0 radical (unpaired) electrons. The van der Waals surface area contributed by atoms with Gasteiger partial charge in [-0.25, -0.2) is 4.39 Å². The molecule has 1 aromatic carbocycles. The van der Waals surface area contributed by atoms with E-state index in [0.29, 0.717) is 0 Å². The molecular formula is C12H11BrClFN2O. The Morgan fingerprint density at radius 3 is 2.78 bits per heavy atom. The maximum atomic E-state index is 13.5. The van der Waals surface area contributed by atoms with Crippen molar-refractivity contribution in [3.63, 3.8) is 0 Å². The number of aromatic nitrogens is 2. The van der Waals surface area contributed by atoms with Crippen LogP contribution in [0.5, 0.6) is 5.75 Å². The number of ether oxygens (including phenoxy) is 1. The van der Waals surface area contributed by atoms with Crippen molar-refractivity contribution in [1.82, 2.24) is 9.78 Å². The molecule has 6 heteroatoms. The van der Waals surface area contributed by atoms with Crippen LogP contribution in [0.1, 0.15) is 11.4 Å². The lowest BCUT2D eigenvalue weighted by Crippen LogP contribution is -2.04. The molecular weight excluding hydrogens is 322 g/mol. The molecule has 0 saturated carbocycles. The van der Waals surface area contributed by atoms with Crippen LogP contribution in [0.3, 0.4) is 0 Å². The van der Waals surface area contributed by atoms with Crippen molar-refractivity contribution in [3.05, 3.63) is 44.9 Å². The average Bonchev–Trinajstić information content (AvgIpc) is 2.54. The minimum Gasteiger partial charge on any atom is -0.483 e. The quantitative estimate of drug-likeness (QED) is 0.853. The molecule has 3 nitrogen and oxygen atoms in total. The molecule has 0 aliphatic rings. The summed E-state index contributed by atoms with van der Waals surface area (Å²) in [7, 11) is 1.80. The van der Waals surface area contributed by atoms with Crippen LogP contribution in [-0.2, 0) is 13.7 Å². The molecule has 96 valence electrons. The highest BCUT2D eigenvalue weighted by Gasteiger charge is 2.14. The second-order valence-corrected chi connectivity index (χ2v) is 5.01. The normalized spacial score (nSPS) is 10.7. The molecule has 0 bridgehead atoms. The molecule has 1 heterocycles. The van der Waals surface area contributed by atoms with Crippen LogP contribution in [0.25, 0.3) is 0 Å². The zero-order valence-electron chi connectivity index (χ0n) is 9.88. The van der Waals surface area contributed by atoms with Crippen molar-refractivity contribution < 1.29 is 9.13 Å². The highest BCUT2D eigenvalue weighted by Crippen LogP contribution is 2.29. The second-order valence-electron chi connectivity index (χ2n) is 3.81. The van der Waals surface area contributed by atoms with Gasteiger partial charge in [0.2, 0.25) is 0 Å². The van der Waals surface area contributed by atoms with E-state index in [1.54, 1.807) is 17.8 Å². The maximum absolute atomic E-state index is 13.5. The highest BCUT2D eigenvalue weighted by molar-refractivity contribution is 9.10. The first-order valence-electron chi connectivity index (χ1n) is 5.25. The number of benzene rings is 1. The summed E-state index contributed by atoms with van der Waals surface area (Å²) in [5, 5.41) is 4.49. The lowest BCUT2D eigenvalue weighted by molar-refractivity contribution is 0.280. The fourth-order valence-corrected chi connectivity index (χ4v) is 2.27. The van der Waals surface area contributed by atoms with Gasteiger partial charge in [-0.15, -0.1) is 0 Å². The Balaban J connectivity index is 2.22. The van der Waals surface area contributed by atoms with Crippen LogP contribution in [0.2, 0.25) is 5.02 Å². The standard InChI is InChI=1S/C12H11BrClFN2O/c1-7-11(13)10(17(2)16-7)6-18-12-8(14)4-3-5-9(12)15/h3-5H,6H2,1-2H3. The van der Waals surface area contributed by atoms with Gasteiger partial charge >= 0.3 is 0 Å². The number of para-hydroxylation sites is 1. The molecule has 18 heavy (non-hydrogen) atoms. The van der Waals surface area contributed by atoms with E-state index in [2.05, 4.69) is 21.0 Å². The van der Waals surface area contributed by atoms with Gasteiger partial charge < -0.3 is 4.74 Å². The van der Waals surface area contributed by atoms with Crippen LogP contribution in [0, 0.1) is 12.7 Å². The Bertz CT molecular complexity index is 565. The lowest BCUT2D eigenvalue weighted by atomic mass is 10.3. The highest BCUT2D eigenvalue weighted by atomic mass is 79.9. The average molecular weight is 334 g/mol. The maximum Gasteiger partial charge on any atom is 0.174 e. The molecule has 0 saturated heterocycles. The molecule has 0 aliphatic heterocycles. The van der Waals surface area contributed by atoms with Gasteiger partial charge in [0.15, 0.2) is 11.6 Å². The van der Waals surface area contributed by atoms with E-state index in [1.807, 2.05) is 6.92 Å². The minimum atomic E-state index is -0.475. The number of rotatable bonds is 3. The third-order valence-corrected chi connectivity index (χ3v) is 3.86. The van der Waals surface area contributed by atoms with E-state index in [0.717, 1.165) is 15.9 Å². The summed E-state index contributed by atoms with van der Waals surface area (Å²) >= 11 is 9.30. The van der Waals surface area contributed by atoms with Crippen LogP contribution in [0.15, 0.2) is 22.7 Å². The van der Waals surface area contributed by atoms with Gasteiger partial charge in [0.25, 0.3) is 0 Å². The molecule has 0 atom stereocenters. The van der Waals surface area contributed by atoms with E-state index in [9.17, 15) is 4.39 Å². The predicted molar refractivity (Wildman–Crippen MR) is 71.4 cm³/mol. The van der Waals surface area contributed by atoms with Gasteiger partial charge in [-0.3, -0.25) is 4.68 Å². The van der Waals surface area contributed by atoms with Crippen LogP contribution in [-0.4, -0.2) is 9.78 Å². The van der Waals surface area contributed by atoms with Crippen LogP contribution >= 0.6 is 27.5 Å². The first kappa shape index (κ1) is 13.4. The first-order valence-corrected chi connectivity index (χ1v) is 6.42. The monoisotopic (exact) mass is 332 g/mol. The number of nitrogens with zero attached hydrogens (tertiary/aromatic N) is 2. The predicted octanol–water partition coefficient (Wildman–Crippen LogP) is 3.86. The van der Waals surface area contributed by atoms with Crippen LogP contribution < -0.4 is 4.74 Å². The summed E-state index contributed by atoms with van der Waals surface area (Å²) in [5.41, 5.74) is 1.68. The smallest absolute Gasteiger partial charge is 0.174 e. The Morgan fingerprint density at radius 2 is 2.22 bits per heavy atom. The summed E-state index contributed by atoms with van der Waals surface area (Å²) in [6.45, 7) is 2.07. The molecule has 0 N–H and O–H groups in total. The van der Waals surface area contributed by atoms with Gasteiger partial charge in [-0.2, -0.15) is 5.10 Å². The summed E-state index contributed by atoms with van der Waals surface area (Å²) in [4.78, 5) is 0. The summed E-state index contributed by atoms with van der Waals surface area (Å²) in [6.07, 6.45) is 0. The Morgan fingerprint density at radius 1 is 1.50 bits per heavy atom. The lowest BCUT2D eigenvalue weighted by Gasteiger charge is -2.09.